The average molecular weight is 641 g/mol. The first kappa shape index (κ1) is 33.6. The highest BCUT2D eigenvalue weighted by Gasteiger charge is 2.28. The number of nitrogens with zero attached hydrogens (tertiary/aromatic N) is 2. The smallest absolute Gasteiger partial charge is 0.0620 e. The molecule has 0 atom stereocenters. The Morgan fingerprint density at radius 1 is 0.531 bits per heavy atom. The largest absolute Gasteiger partial charge is 0.310 e. The Balaban J connectivity index is 1.88. The Labute approximate surface area is 293 Å². The van der Waals surface area contributed by atoms with Crippen LogP contribution in [-0.2, 0) is 10.8 Å². The molecule has 0 aliphatic heterocycles. The lowest BCUT2D eigenvalue weighted by molar-refractivity contribution is 0.590. The van der Waals surface area contributed by atoms with Gasteiger partial charge in [-0.25, -0.2) is 0 Å². The van der Waals surface area contributed by atoms with Crippen molar-refractivity contribution in [2.75, 3.05) is 9.80 Å². The molecule has 49 heavy (non-hydrogen) atoms. The minimum atomic E-state index is -0.0427. The molecule has 6 aromatic rings. The lowest BCUT2D eigenvalue weighted by Crippen LogP contribution is -2.19. The number of hydrogen-bond donors (Lipinski definition) is 0. The van der Waals surface area contributed by atoms with Crippen molar-refractivity contribution in [2.24, 2.45) is 0 Å². The molecule has 0 saturated carbocycles. The van der Waals surface area contributed by atoms with Crippen molar-refractivity contribution in [1.29, 1.82) is 0 Å². The molecule has 0 N–H and O–H groups in total. The fraction of sp³-hybridized carbons (Fsp3) is 0.191. The Kier molecular flexibility index (Phi) is 9.35. The van der Waals surface area contributed by atoms with Gasteiger partial charge in [0, 0.05) is 44.3 Å². The number of allylic oxidation sites excluding steroid dienone is 4. The molecular formula is C47H48N2. The van der Waals surface area contributed by atoms with Crippen LogP contribution in [0.4, 0.5) is 28.4 Å². The third-order valence-electron chi connectivity index (χ3n) is 9.24. The van der Waals surface area contributed by atoms with Crippen LogP contribution in [0.25, 0.3) is 21.5 Å². The van der Waals surface area contributed by atoms with Gasteiger partial charge in [0.1, 0.15) is 0 Å². The lowest BCUT2D eigenvalue weighted by Gasteiger charge is -2.34. The molecular weight excluding hydrogens is 593 g/mol. The topological polar surface area (TPSA) is 6.48 Å². The van der Waals surface area contributed by atoms with Crippen LogP contribution in [0.15, 0.2) is 164 Å². The quantitative estimate of drug-likeness (QED) is 0.0928. The first-order valence-corrected chi connectivity index (χ1v) is 17.3. The predicted octanol–water partition coefficient (Wildman–Crippen LogP) is 13.8. The van der Waals surface area contributed by atoms with Gasteiger partial charge in [-0.1, -0.05) is 145 Å². The highest BCUT2D eigenvalue weighted by Crippen LogP contribution is 2.51. The standard InChI is InChI=1S/C47H48N2/c1-9-11-21-36(10-2)48(37-22-15-12-16-23-37)44-40-30-28-35(47(6,7)8)33-43(40)45(41-31-29-34(32-42(41)44)46(3,4)5)49(38-24-17-13-18-25-38)39-26-19-14-20-27-39/h9-33H,1H2,2-8H3. The zero-order valence-electron chi connectivity index (χ0n) is 30.0. The molecule has 0 saturated heterocycles. The maximum atomic E-state index is 3.99. The highest BCUT2D eigenvalue weighted by atomic mass is 15.2. The summed E-state index contributed by atoms with van der Waals surface area (Å²) < 4.78 is 0. The number of benzene rings is 6. The van der Waals surface area contributed by atoms with Gasteiger partial charge in [-0.15, -0.1) is 0 Å². The molecule has 2 heteroatoms. The van der Waals surface area contributed by atoms with Gasteiger partial charge in [0.2, 0.25) is 0 Å². The van der Waals surface area contributed by atoms with E-state index in [1.165, 1.54) is 38.4 Å². The fourth-order valence-corrected chi connectivity index (χ4v) is 6.61. The first-order chi connectivity index (χ1) is 23.5. The summed E-state index contributed by atoms with van der Waals surface area (Å²) in [7, 11) is 0. The number of fused-ring (bicyclic) bond motifs is 2. The summed E-state index contributed by atoms with van der Waals surface area (Å²) >= 11 is 0. The minimum absolute atomic E-state index is 0.0404. The third kappa shape index (κ3) is 6.69. The molecule has 0 spiro atoms. The third-order valence-corrected chi connectivity index (χ3v) is 9.24. The van der Waals surface area contributed by atoms with Crippen molar-refractivity contribution in [3.63, 3.8) is 0 Å². The van der Waals surface area contributed by atoms with Crippen molar-refractivity contribution in [3.8, 4) is 0 Å². The van der Waals surface area contributed by atoms with E-state index in [1.54, 1.807) is 0 Å². The summed E-state index contributed by atoms with van der Waals surface area (Å²) in [5.41, 5.74) is 9.25. The van der Waals surface area contributed by atoms with Gasteiger partial charge in [-0.2, -0.15) is 0 Å². The second-order valence-corrected chi connectivity index (χ2v) is 14.7. The van der Waals surface area contributed by atoms with Crippen LogP contribution < -0.4 is 9.80 Å². The summed E-state index contributed by atoms with van der Waals surface area (Å²) in [5.74, 6) is 0. The molecule has 2 nitrogen and oxygen atoms in total. The average Bonchev–Trinajstić information content (AvgIpc) is 3.10. The zero-order chi connectivity index (χ0) is 34.8. The molecule has 0 bridgehead atoms. The Bertz CT molecular complexity index is 2100. The molecule has 246 valence electrons. The van der Waals surface area contributed by atoms with Gasteiger partial charge in [-0.3, -0.25) is 0 Å². The number of anilines is 5. The van der Waals surface area contributed by atoms with E-state index >= 15 is 0 Å². The van der Waals surface area contributed by atoms with Crippen LogP contribution in [0.2, 0.25) is 0 Å². The van der Waals surface area contributed by atoms with Crippen molar-refractivity contribution in [3.05, 3.63) is 175 Å². The van der Waals surface area contributed by atoms with E-state index in [9.17, 15) is 0 Å². The van der Waals surface area contributed by atoms with Gasteiger partial charge in [0.25, 0.3) is 0 Å². The van der Waals surface area contributed by atoms with Gasteiger partial charge in [0.05, 0.1) is 11.4 Å². The Morgan fingerprint density at radius 3 is 1.39 bits per heavy atom. The van der Waals surface area contributed by atoms with Crippen LogP contribution in [0.3, 0.4) is 0 Å². The van der Waals surface area contributed by atoms with Crippen molar-refractivity contribution in [2.45, 2.75) is 59.3 Å². The number of para-hydroxylation sites is 3. The molecule has 0 aliphatic rings. The van der Waals surface area contributed by atoms with E-state index in [1.807, 2.05) is 12.2 Å². The van der Waals surface area contributed by atoms with E-state index in [-0.39, 0.29) is 10.8 Å². The fourth-order valence-electron chi connectivity index (χ4n) is 6.61. The summed E-state index contributed by atoms with van der Waals surface area (Å²) in [4.78, 5) is 4.87. The SMILES string of the molecule is C=CC=CC(=CC)N(c1ccccc1)c1c2cc(C(C)(C)C)ccc2c(N(c2ccccc2)c2ccccc2)c2cc(C(C)(C)C)ccc12. The van der Waals surface area contributed by atoms with Crippen molar-refractivity contribution >= 4 is 50.0 Å². The van der Waals surface area contributed by atoms with Crippen molar-refractivity contribution < 1.29 is 0 Å². The van der Waals surface area contributed by atoms with Crippen LogP contribution >= 0.6 is 0 Å². The van der Waals surface area contributed by atoms with Crippen LogP contribution in [0.5, 0.6) is 0 Å². The van der Waals surface area contributed by atoms with Gasteiger partial charge >= 0.3 is 0 Å². The molecule has 6 rings (SSSR count). The highest BCUT2D eigenvalue weighted by molar-refractivity contribution is 6.23. The van der Waals surface area contributed by atoms with E-state index < -0.39 is 0 Å². The first-order valence-electron chi connectivity index (χ1n) is 17.3. The molecule has 0 aromatic heterocycles. The monoisotopic (exact) mass is 640 g/mol. The normalized spacial score (nSPS) is 12.5. The molecule has 0 fully saturated rings. The summed E-state index contributed by atoms with van der Waals surface area (Å²) in [6.45, 7) is 19.9. The van der Waals surface area contributed by atoms with Crippen LogP contribution in [0.1, 0.15) is 59.6 Å². The molecule has 0 amide bonds. The molecule has 0 aliphatic carbocycles. The maximum absolute atomic E-state index is 3.99. The summed E-state index contributed by atoms with van der Waals surface area (Å²) in [6, 6.07) is 46.5. The van der Waals surface area contributed by atoms with Gasteiger partial charge in [0.15, 0.2) is 0 Å². The maximum Gasteiger partial charge on any atom is 0.0620 e. The van der Waals surface area contributed by atoms with Crippen LogP contribution in [-0.4, -0.2) is 0 Å². The van der Waals surface area contributed by atoms with Gasteiger partial charge in [-0.05, 0) is 83.5 Å². The molecule has 6 aromatic carbocycles. The van der Waals surface area contributed by atoms with Gasteiger partial charge < -0.3 is 9.80 Å². The molecule has 0 heterocycles. The predicted molar refractivity (Wildman–Crippen MR) is 215 cm³/mol. The van der Waals surface area contributed by atoms with E-state index in [0.717, 1.165) is 28.4 Å². The summed E-state index contributed by atoms with van der Waals surface area (Å²) in [5, 5.41) is 4.78. The number of rotatable bonds is 8. The Morgan fingerprint density at radius 2 is 0.959 bits per heavy atom. The van der Waals surface area contributed by atoms with E-state index in [2.05, 4.69) is 204 Å². The second kappa shape index (κ2) is 13.6. The molecule has 0 unspecified atom stereocenters. The van der Waals surface area contributed by atoms with E-state index in [4.69, 9.17) is 0 Å². The summed E-state index contributed by atoms with van der Waals surface area (Å²) in [6.07, 6.45) is 8.21. The van der Waals surface area contributed by atoms with E-state index in [0.29, 0.717) is 0 Å². The Hall–Kier alpha value is -5.34. The molecule has 0 radical (unpaired) electrons. The van der Waals surface area contributed by atoms with Crippen LogP contribution in [0, 0.1) is 0 Å². The second-order valence-electron chi connectivity index (χ2n) is 14.7. The lowest BCUT2D eigenvalue weighted by atomic mass is 9.82. The van der Waals surface area contributed by atoms with Crippen molar-refractivity contribution in [1.82, 2.24) is 0 Å². The number of hydrogen-bond acceptors (Lipinski definition) is 2. The minimum Gasteiger partial charge on any atom is -0.310 e. The zero-order valence-corrected chi connectivity index (χ0v) is 30.0.